The van der Waals surface area contributed by atoms with Crippen LogP contribution in [0.15, 0.2) is 121 Å². The van der Waals surface area contributed by atoms with Crippen LogP contribution in [0.4, 0.5) is 0 Å². The van der Waals surface area contributed by atoms with Crippen molar-refractivity contribution < 1.29 is 52.4 Å². The normalized spacial score (nSPS) is 12.1. The smallest absolute Gasteiger partial charge is 0.343 e. The van der Waals surface area contributed by atoms with Gasteiger partial charge in [-0.1, -0.05) is 56.5 Å². The number of hydrogen-bond acceptors (Lipinski definition) is 11. The van der Waals surface area contributed by atoms with Gasteiger partial charge in [-0.05, 0) is 116 Å². The van der Waals surface area contributed by atoms with Crippen LogP contribution >= 0.6 is 0 Å². The number of hydrogen-bond donors (Lipinski definition) is 0. The number of rotatable bonds is 19. The van der Waals surface area contributed by atoms with Crippen LogP contribution in [0.5, 0.6) is 23.0 Å². The number of carbonyl (C=O) groups is 5. The topological polar surface area (TPSA) is 141 Å². The Morgan fingerprint density at radius 3 is 1.84 bits per heavy atom. The van der Waals surface area contributed by atoms with E-state index in [-0.39, 0.29) is 48.6 Å². The van der Waals surface area contributed by atoms with E-state index in [1.165, 1.54) is 30.3 Å². The van der Waals surface area contributed by atoms with E-state index in [9.17, 15) is 24.0 Å². The fourth-order valence-electron chi connectivity index (χ4n) is 5.45. The van der Waals surface area contributed by atoms with Crippen LogP contribution in [0, 0.1) is 5.92 Å². The van der Waals surface area contributed by atoms with Gasteiger partial charge < -0.3 is 28.4 Å². The molecule has 0 bridgehead atoms. The Morgan fingerprint density at radius 2 is 1.28 bits per heavy atom. The summed E-state index contributed by atoms with van der Waals surface area (Å²) in [5.41, 5.74) is 4.39. The van der Waals surface area contributed by atoms with Crippen LogP contribution in [0.2, 0.25) is 0 Å². The van der Waals surface area contributed by atoms with Gasteiger partial charge in [0.05, 0.1) is 25.4 Å². The zero-order valence-electron chi connectivity index (χ0n) is 32.8. The Hall–Kier alpha value is -6.75. The van der Waals surface area contributed by atoms with Crippen molar-refractivity contribution in [3.8, 4) is 34.1 Å². The van der Waals surface area contributed by atoms with Gasteiger partial charge in [0.15, 0.2) is 0 Å². The summed E-state index contributed by atoms with van der Waals surface area (Å²) in [6.07, 6.45) is 5.63. The van der Waals surface area contributed by atoms with E-state index >= 15 is 0 Å². The number of ether oxygens (including phenoxy) is 6. The first kappa shape index (κ1) is 42.4. The van der Waals surface area contributed by atoms with Crippen molar-refractivity contribution in [1.82, 2.24) is 0 Å². The second-order valence-corrected chi connectivity index (χ2v) is 13.9. The van der Waals surface area contributed by atoms with Gasteiger partial charge >= 0.3 is 29.8 Å². The standard InChI is InChI=1S/C47H46O11/c1-6-43(48)56-39-20-16-37(17-21-39)47(52)57-40-22-23-42(41(27-40)36-12-13-36)58-44(49)24-9-32-7-10-34(11-8-32)35-14-18-38(19-15-35)53-26-25-33(28-54-45(50)30(2)3)29-55-46(51)31(4)5/h7-11,14-24,27,33,36H,2,4,6,12-13,25-26,28-29H2,1,3,5H3/b24-9+. The first-order chi connectivity index (χ1) is 27.9. The Bertz CT molecular complexity index is 2130. The molecule has 0 saturated heterocycles. The van der Waals surface area contributed by atoms with Crippen molar-refractivity contribution in [3.63, 3.8) is 0 Å². The third-order valence-corrected chi connectivity index (χ3v) is 8.93. The summed E-state index contributed by atoms with van der Waals surface area (Å²) in [6.45, 7) is 12.4. The molecular formula is C47H46O11. The molecule has 0 N–H and O–H groups in total. The lowest BCUT2D eigenvalue weighted by Crippen LogP contribution is -2.23. The maximum Gasteiger partial charge on any atom is 0.343 e. The molecule has 5 rings (SSSR count). The minimum atomic E-state index is -0.569. The van der Waals surface area contributed by atoms with Gasteiger partial charge in [0.2, 0.25) is 0 Å². The van der Waals surface area contributed by atoms with Crippen LogP contribution < -0.4 is 18.9 Å². The summed E-state index contributed by atoms with van der Waals surface area (Å²) in [5, 5.41) is 0. The molecule has 1 aliphatic carbocycles. The molecule has 0 atom stereocenters. The Kier molecular flexibility index (Phi) is 14.9. The van der Waals surface area contributed by atoms with Gasteiger partial charge in [-0.25, -0.2) is 19.2 Å². The molecule has 4 aromatic carbocycles. The largest absolute Gasteiger partial charge is 0.494 e. The van der Waals surface area contributed by atoms with Crippen LogP contribution in [-0.4, -0.2) is 49.7 Å². The van der Waals surface area contributed by atoms with E-state index in [1.807, 2.05) is 48.5 Å². The lowest BCUT2D eigenvalue weighted by atomic mass is 10.0. The van der Waals surface area contributed by atoms with Gasteiger partial charge in [0.25, 0.3) is 0 Å². The molecule has 1 aliphatic rings. The number of benzene rings is 4. The van der Waals surface area contributed by atoms with E-state index in [1.54, 1.807) is 45.0 Å². The van der Waals surface area contributed by atoms with E-state index in [2.05, 4.69) is 13.2 Å². The first-order valence-corrected chi connectivity index (χ1v) is 18.9. The van der Waals surface area contributed by atoms with Crippen molar-refractivity contribution in [2.24, 2.45) is 5.92 Å². The van der Waals surface area contributed by atoms with E-state index in [0.29, 0.717) is 41.6 Å². The molecule has 11 nitrogen and oxygen atoms in total. The van der Waals surface area contributed by atoms with Gasteiger partial charge in [0, 0.05) is 35.1 Å². The molecular weight excluding hydrogens is 741 g/mol. The highest BCUT2D eigenvalue weighted by Gasteiger charge is 2.28. The highest BCUT2D eigenvalue weighted by molar-refractivity contribution is 5.92. The summed E-state index contributed by atoms with van der Waals surface area (Å²) >= 11 is 0. The Morgan fingerprint density at radius 1 is 0.707 bits per heavy atom. The number of esters is 5. The van der Waals surface area contributed by atoms with Gasteiger partial charge in [0.1, 0.15) is 23.0 Å². The lowest BCUT2D eigenvalue weighted by Gasteiger charge is -2.18. The molecule has 0 amide bonds. The maximum absolute atomic E-state index is 12.9. The lowest BCUT2D eigenvalue weighted by molar-refractivity contribution is -0.144. The molecule has 0 unspecified atom stereocenters. The minimum Gasteiger partial charge on any atom is -0.494 e. The van der Waals surface area contributed by atoms with E-state index in [0.717, 1.165) is 35.1 Å². The predicted octanol–water partition coefficient (Wildman–Crippen LogP) is 9.01. The molecule has 0 spiro atoms. The zero-order chi connectivity index (χ0) is 41.6. The molecule has 1 fully saturated rings. The van der Waals surface area contributed by atoms with Crippen molar-refractivity contribution in [3.05, 3.63) is 138 Å². The summed E-state index contributed by atoms with van der Waals surface area (Å²) in [7, 11) is 0. The number of carbonyl (C=O) groups excluding carboxylic acids is 5. The molecule has 300 valence electrons. The first-order valence-electron chi connectivity index (χ1n) is 18.9. The maximum atomic E-state index is 12.9. The second-order valence-electron chi connectivity index (χ2n) is 13.9. The zero-order valence-corrected chi connectivity index (χ0v) is 32.8. The Balaban J connectivity index is 1.11. The average molecular weight is 787 g/mol. The third kappa shape index (κ3) is 12.9. The third-order valence-electron chi connectivity index (χ3n) is 8.93. The highest BCUT2D eigenvalue weighted by atomic mass is 16.6. The van der Waals surface area contributed by atoms with Crippen molar-refractivity contribution in [2.45, 2.75) is 52.4 Å². The quantitative estimate of drug-likeness (QED) is 0.0511. The highest BCUT2D eigenvalue weighted by Crippen LogP contribution is 2.45. The second kappa shape index (κ2) is 20.4. The molecule has 4 aromatic rings. The monoisotopic (exact) mass is 786 g/mol. The van der Waals surface area contributed by atoms with E-state index < -0.39 is 23.9 Å². The van der Waals surface area contributed by atoms with Crippen LogP contribution in [-0.2, 0) is 28.7 Å². The predicted molar refractivity (Wildman–Crippen MR) is 217 cm³/mol. The van der Waals surface area contributed by atoms with Crippen LogP contribution in [0.1, 0.15) is 73.9 Å². The van der Waals surface area contributed by atoms with Gasteiger partial charge in [-0.2, -0.15) is 0 Å². The molecule has 0 aliphatic heterocycles. The fourth-order valence-corrected chi connectivity index (χ4v) is 5.45. The molecule has 11 heteroatoms. The minimum absolute atomic E-state index is 0.0553. The van der Waals surface area contributed by atoms with Crippen molar-refractivity contribution in [1.29, 1.82) is 0 Å². The fraction of sp³-hybridized carbons (Fsp3) is 0.255. The van der Waals surface area contributed by atoms with Gasteiger partial charge in [-0.15, -0.1) is 0 Å². The van der Waals surface area contributed by atoms with Crippen molar-refractivity contribution in [2.75, 3.05) is 19.8 Å². The van der Waals surface area contributed by atoms with Gasteiger partial charge in [-0.3, -0.25) is 4.79 Å². The average Bonchev–Trinajstić information content (AvgIpc) is 4.07. The summed E-state index contributed by atoms with van der Waals surface area (Å²) in [4.78, 5) is 60.9. The summed E-state index contributed by atoms with van der Waals surface area (Å²) in [5.74, 6) is -0.835. The van der Waals surface area contributed by atoms with E-state index in [4.69, 9.17) is 28.4 Å². The molecule has 0 heterocycles. The molecule has 58 heavy (non-hydrogen) atoms. The molecule has 1 saturated carbocycles. The van der Waals surface area contributed by atoms with Crippen LogP contribution in [0.3, 0.4) is 0 Å². The summed E-state index contributed by atoms with van der Waals surface area (Å²) in [6, 6.07) is 26.3. The van der Waals surface area contributed by atoms with Crippen molar-refractivity contribution >= 4 is 35.9 Å². The SMILES string of the molecule is C=C(C)C(=O)OCC(CCOc1ccc(-c2ccc(/C=C/C(=O)Oc3ccc(OC(=O)c4ccc(OC(=O)CC)cc4)cc3C3CC3)cc2)cc1)COC(=O)C(=C)C. The van der Waals surface area contributed by atoms with Crippen LogP contribution in [0.25, 0.3) is 17.2 Å². The molecule has 0 aromatic heterocycles. The summed E-state index contributed by atoms with van der Waals surface area (Å²) < 4.78 is 32.9. The Labute approximate surface area is 337 Å². The molecule has 0 radical (unpaired) electrons.